The summed E-state index contributed by atoms with van der Waals surface area (Å²) in [6.45, 7) is 0.517. The summed E-state index contributed by atoms with van der Waals surface area (Å²) in [5, 5.41) is 3.34. The Balaban J connectivity index is 1.59. The molecule has 6 nitrogen and oxygen atoms in total. The molecule has 0 heterocycles. The van der Waals surface area contributed by atoms with E-state index in [0.29, 0.717) is 27.6 Å². The van der Waals surface area contributed by atoms with Gasteiger partial charge < -0.3 is 10.1 Å². The van der Waals surface area contributed by atoms with Gasteiger partial charge in [0.25, 0.3) is 5.91 Å². The highest BCUT2D eigenvalue weighted by Crippen LogP contribution is 2.31. The lowest BCUT2D eigenvalue weighted by atomic mass is 10.1. The second-order valence-electron chi connectivity index (χ2n) is 7.12. The number of anilines is 1. The van der Waals surface area contributed by atoms with Crippen LogP contribution in [0.3, 0.4) is 0 Å². The third kappa shape index (κ3) is 7.08. The first-order valence-corrected chi connectivity index (χ1v) is 12.4. The van der Waals surface area contributed by atoms with Crippen LogP contribution in [0.15, 0.2) is 66.7 Å². The summed E-state index contributed by atoms with van der Waals surface area (Å²) in [5.41, 5.74) is 1.39. The first-order valence-electron chi connectivity index (χ1n) is 9.82. The quantitative estimate of drug-likeness (QED) is 0.415. The second-order valence-corrected chi connectivity index (χ2v) is 9.87. The van der Waals surface area contributed by atoms with Crippen LogP contribution in [0.1, 0.15) is 15.9 Å². The van der Waals surface area contributed by atoms with E-state index in [-0.39, 0.29) is 36.4 Å². The molecule has 0 fully saturated rings. The molecular formula is C23H21Cl2FN2O4S. The van der Waals surface area contributed by atoms with Gasteiger partial charge in [0.15, 0.2) is 0 Å². The van der Waals surface area contributed by atoms with Gasteiger partial charge in [0.2, 0.25) is 10.0 Å². The molecule has 0 aliphatic heterocycles. The number of benzene rings is 3. The molecule has 0 aliphatic rings. The third-order valence-corrected chi connectivity index (χ3v) is 6.26. The fourth-order valence-corrected chi connectivity index (χ4v) is 4.42. The number of sulfonamides is 1. The first-order chi connectivity index (χ1) is 15.6. The minimum atomic E-state index is -3.63. The molecule has 0 saturated carbocycles. The number of carbonyl (C=O) groups is 1. The van der Waals surface area contributed by atoms with Crippen LogP contribution in [-0.4, -0.2) is 33.7 Å². The minimum absolute atomic E-state index is 0.0353. The molecule has 0 aliphatic carbocycles. The molecule has 0 unspecified atom stereocenters. The zero-order chi connectivity index (χ0) is 24.0. The number of amides is 1. The van der Waals surface area contributed by atoms with E-state index in [2.05, 4.69) is 5.32 Å². The summed E-state index contributed by atoms with van der Waals surface area (Å²) in [4.78, 5) is 12.3. The van der Waals surface area contributed by atoms with Gasteiger partial charge in [-0.1, -0.05) is 35.3 Å². The summed E-state index contributed by atoms with van der Waals surface area (Å²) >= 11 is 12.1. The van der Waals surface area contributed by atoms with Gasteiger partial charge in [-0.25, -0.2) is 12.8 Å². The molecule has 0 bridgehead atoms. The minimum Gasteiger partial charge on any atom is -0.492 e. The van der Waals surface area contributed by atoms with Crippen molar-refractivity contribution in [2.24, 2.45) is 0 Å². The van der Waals surface area contributed by atoms with Crippen LogP contribution in [0.2, 0.25) is 10.0 Å². The first kappa shape index (κ1) is 24.8. The largest absolute Gasteiger partial charge is 0.492 e. The van der Waals surface area contributed by atoms with Gasteiger partial charge in [-0.3, -0.25) is 9.10 Å². The molecule has 3 rings (SSSR count). The summed E-state index contributed by atoms with van der Waals surface area (Å²) in [5.74, 6) is -0.147. The Morgan fingerprint density at radius 3 is 2.30 bits per heavy atom. The maximum absolute atomic E-state index is 12.9. The van der Waals surface area contributed by atoms with Crippen LogP contribution >= 0.6 is 23.2 Å². The van der Waals surface area contributed by atoms with E-state index < -0.39 is 10.0 Å². The Labute approximate surface area is 201 Å². The molecular weight excluding hydrogens is 490 g/mol. The van der Waals surface area contributed by atoms with Crippen molar-refractivity contribution in [3.05, 3.63) is 93.7 Å². The van der Waals surface area contributed by atoms with Crippen molar-refractivity contribution < 1.29 is 22.3 Å². The lowest BCUT2D eigenvalue weighted by Crippen LogP contribution is -2.30. The summed E-state index contributed by atoms with van der Waals surface area (Å²) in [7, 11) is -3.63. The molecule has 3 aromatic rings. The predicted molar refractivity (Wildman–Crippen MR) is 128 cm³/mol. The molecule has 1 N–H and O–H groups in total. The smallest absolute Gasteiger partial charge is 0.251 e. The third-order valence-electron chi connectivity index (χ3n) is 4.59. The topological polar surface area (TPSA) is 75.7 Å². The van der Waals surface area contributed by atoms with Crippen molar-refractivity contribution >= 4 is 44.8 Å². The zero-order valence-electron chi connectivity index (χ0n) is 17.6. The lowest BCUT2D eigenvalue weighted by Gasteiger charge is -2.23. The molecule has 1 amide bonds. The number of ether oxygens (including phenoxy) is 1. The molecule has 174 valence electrons. The summed E-state index contributed by atoms with van der Waals surface area (Å²) in [6.07, 6.45) is 1.09. The average Bonchev–Trinajstić information content (AvgIpc) is 2.76. The van der Waals surface area contributed by atoms with Crippen LogP contribution in [0.4, 0.5) is 10.1 Å². The molecule has 0 radical (unpaired) electrons. The Kier molecular flexibility index (Phi) is 8.18. The van der Waals surface area contributed by atoms with Gasteiger partial charge in [-0.2, -0.15) is 0 Å². The molecule has 3 aromatic carbocycles. The fraction of sp³-hybridized carbons (Fsp3) is 0.174. The Morgan fingerprint density at radius 1 is 1.03 bits per heavy atom. The van der Waals surface area contributed by atoms with Crippen LogP contribution in [0, 0.1) is 5.82 Å². The summed E-state index contributed by atoms with van der Waals surface area (Å²) in [6, 6.07) is 16.7. The predicted octanol–water partition coefficient (Wildman–Crippen LogP) is 4.91. The lowest BCUT2D eigenvalue weighted by molar-refractivity contribution is 0.0947. The van der Waals surface area contributed by atoms with Crippen molar-refractivity contribution in [2.75, 3.05) is 23.7 Å². The van der Waals surface area contributed by atoms with Crippen molar-refractivity contribution in [3.63, 3.8) is 0 Å². The normalized spacial score (nSPS) is 11.2. The van der Waals surface area contributed by atoms with Crippen molar-refractivity contribution in [2.45, 2.75) is 6.54 Å². The van der Waals surface area contributed by atoms with E-state index in [9.17, 15) is 17.6 Å². The van der Waals surface area contributed by atoms with E-state index in [1.165, 1.54) is 34.6 Å². The highest BCUT2D eigenvalue weighted by Gasteiger charge is 2.21. The van der Waals surface area contributed by atoms with Gasteiger partial charge in [0.1, 0.15) is 18.2 Å². The number of carbonyl (C=O) groups excluding carboxylic acids is 1. The highest BCUT2D eigenvalue weighted by atomic mass is 35.5. The SMILES string of the molecule is CS(=O)(=O)N(Cc1ccc(C(=O)NCCOc2ccc(F)cc2)cc1)c1ccc(Cl)cc1Cl. The number of hydrogen-bond acceptors (Lipinski definition) is 4. The molecule has 33 heavy (non-hydrogen) atoms. The number of nitrogens with zero attached hydrogens (tertiary/aromatic N) is 1. The average molecular weight is 511 g/mol. The van der Waals surface area contributed by atoms with Crippen LogP contribution in [0.5, 0.6) is 5.75 Å². The maximum Gasteiger partial charge on any atom is 0.251 e. The Hall–Kier alpha value is -2.81. The van der Waals surface area contributed by atoms with Crippen LogP contribution in [0.25, 0.3) is 0 Å². The van der Waals surface area contributed by atoms with Gasteiger partial charge in [0, 0.05) is 10.6 Å². The van der Waals surface area contributed by atoms with Gasteiger partial charge in [-0.05, 0) is 60.2 Å². The fourth-order valence-electron chi connectivity index (χ4n) is 2.96. The highest BCUT2D eigenvalue weighted by molar-refractivity contribution is 7.92. The molecule has 0 spiro atoms. The van der Waals surface area contributed by atoms with E-state index in [4.69, 9.17) is 27.9 Å². The number of rotatable bonds is 9. The molecule has 0 aromatic heterocycles. The van der Waals surface area contributed by atoms with Crippen molar-refractivity contribution in [3.8, 4) is 5.75 Å². The number of halogens is 3. The Bertz CT molecular complexity index is 1220. The zero-order valence-corrected chi connectivity index (χ0v) is 19.9. The summed E-state index contributed by atoms with van der Waals surface area (Å²) < 4.78 is 44.2. The van der Waals surface area contributed by atoms with Gasteiger partial charge in [0.05, 0.1) is 30.1 Å². The van der Waals surface area contributed by atoms with E-state index in [0.717, 1.165) is 6.26 Å². The van der Waals surface area contributed by atoms with E-state index in [1.54, 1.807) is 36.4 Å². The second kappa shape index (κ2) is 10.9. The Morgan fingerprint density at radius 2 is 1.70 bits per heavy atom. The van der Waals surface area contributed by atoms with E-state index >= 15 is 0 Å². The van der Waals surface area contributed by atoms with E-state index in [1.807, 2.05) is 0 Å². The van der Waals surface area contributed by atoms with Crippen LogP contribution in [-0.2, 0) is 16.6 Å². The standard InChI is InChI=1S/C23H21Cl2FN2O4S/c1-33(30,31)28(22-11-6-18(24)14-21(22)25)15-16-2-4-17(5-3-16)23(29)27-12-13-32-20-9-7-19(26)8-10-20/h2-11,14H,12-13,15H2,1H3,(H,27,29). The van der Waals surface area contributed by atoms with Crippen molar-refractivity contribution in [1.82, 2.24) is 5.32 Å². The monoisotopic (exact) mass is 510 g/mol. The maximum atomic E-state index is 12.9. The number of nitrogens with one attached hydrogen (secondary N) is 1. The van der Waals surface area contributed by atoms with Gasteiger partial charge in [-0.15, -0.1) is 0 Å². The molecule has 0 atom stereocenters. The van der Waals surface area contributed by atoms with Crippen LogP contribution < -0.4 is 14.4 Å². The van der Waals surface area contributed by atoms with Gasteiger partial charge >= 0.3 is 0 Å². The van der Waals surface area contributed by atoms with Crippen molar-refractivity contribution in [1.29, 1.82) is 0 Å². The molecule has 10 heteroatoms. The number of hydrogen-bond donors (Lipinski definition) is 1. The molecule has 0 saturated heterocycles.